The van der Waals surface area contributed by atoms with Crippen LogP contribution in [0.3, 0.4) is 0 Å². The minimum atomic E-state index is -0.382. The second-order valence-corrected chi connectivity index (χ2v) is 4.67. The molecule has 1 aromatic heterocycles. The molecule has 1 fully saturated rings. The Labute approximate surface area is 109 Å². The van der Waals surface area contributed by atoms with Gasteiger partial charge >= 0.3 is 0 Å². The van der Waals surface area contributed by atoms with Gasteiger partial charge in [-0.1, -0.05) is 23.4 Å². The summed E-state index contributed by atoms with van der Waals surface area (Å²) in [6.45, 7) is 0.524. The fourth-order valence-electron chi connectivity index (χ4n) is 2.20. The lowest BCUT2D eigenvalue weighted by Gasteiger charge is -2.01. The number of benzene rings is 1. The molecule has 0 saturated carbocycles. The van der Waals surface area contributed by atoms with Crippen molar-refractivity contribution in [3.05, 3.63) is 47.4 Å². The maximum absolute atomic E-state index is 13.5. The summed E-state index contributed by atoms with van der Waals surface area (Å²) < 4.78 is 18.7. The third kappa shape index (κ3) is 2.64. The largest absolute Gasteiger partial charge is 0.392 e. The minimum absolute atomic E-state index is 0.114. The average molecular weight is 263 g/mol. The molecule has 1 aliphatic heterocycles. The van der Waals surface area contributed by atoms with Crippen LogP contribution in [-0.4, -0.2) is 27.9 Å². The zero-order valence-corrected chi connectivity index (χ0v) is 10.2. The van der Waals surface area contributed by atoms with Crippen molar-refractivity contribution in [2.45, 2.75) is 25.0 Å². The Hall–Kier alpha value is -1.79. The van der Waals surface area contributed by atoms with Crippen molar-refractivity contribution in [3.63, 3.8) is 0 Å². The summed E-state index contributed by atoms with van der Waals surface area (Å²) >= 11 is 0. The second kappa shape index (κ2) is 5.07. The predicted octanol–water partition coefficient (Wildman–Crippen LogP) is 1.19. The Balaban J connectivity index is 1.73. The van der Waals surface area contributed by atoms with Crippen molar-refractivity contribution in [3.8, 4) is 0 Å². The van der Waals surface area contributed by atoms with Crippen LogP contribution in [-0.2, 0) is 6.42 Å². The third-order valence-corrected chi connectivity index (χ3v) is 3.20. The van der Waals surface area contributed by atoms with E-state index in [1.54, 1.807) is 18.2 Å². The molecular weight excluding hydrogens is 249 g/mol. The second-order valence-electron chi connectivity index (χ2n) is 4.67. The van der Waals surface area contributed by atoms with Crippen LogP contribution < -0.4 is 5.32 Å². The lowest BCUT2D eigenvalue weighted by Crippen LogP contribution is -2.15. The van der Waals surface area contributed by atoms with Crippen LogP contribution in [0, 0.1) is 5.82 Å². The third-order valence-electron chi connectivity index (χ3n) is 3.20. The van der Waals surface area contributed by atoms with Crippen molar-refractivity contribution in [1.82, 2.24) is 15.5 Å². The van der Waals surface area contributed by atoms with E-state index in [1.165, 1.54) is 6.07 Å². The number of aliphatic hydroxyl groups is 1. The van der Waals surface area contributed by atoms with Crippen molar-refractivity contribution in [1.29, 1.82) is 0 Å². The lowest BCUT2D eigenvalue weighted by atomic mass is 10.1. The predicted molar refractivity (Wildman–Crippen MR) is 64.9 cm³/mol. The highest BCUT2D eigenvalue weighted by Gasteiger charge is 2.28. The molecule has 1 aliphatic rings. The van der Waals surface area contributed by atoms with E-state index in [0.717, 1.165) is 0 Å². The summed E-state index contributed by atoms with van der Waals surface area (Å²) in [5, 5.41) is 16.4. The zero-order valence-electron chi connectivity index (χ0n) is 10.2. The van der Waals surface area contributed by atoms with Crippen LogP contribution in [0.15, 0.2) is 28.8 Å². The number of halogens is 1. The number of hydrogen-bond acceptors (Lipinski definition) is 5. The maximum Gasteiger partial charge on any atom is 0.243 e. The number of rotatable bonds is 3. The number of aliphatic hydroxyl groups excluding tert-OH is 1. The van der Waals surface area contributed by atoms with Gasteiger partial charge in [-0.25, -0.2) is 4.39 Å². The van der Waals surface area contributed by atoms with Crippen LogP contribution in [0.1, 0.15) is 29.7 Å². The van der Waals surface area contributed by atoms with Gasteiger partial charge in [-0.3, -0.25) is 0 Å². The molecule has 5 nitrogen and oxygen atoms in total. The first-order valence-electron chi connectivity index (χ1n) is 6.19. The van der Waals surface area contributed by atoms with Gasteiger partial charge in [0.25, 0.3) is 0 Å². The molecule has 1 saturated heterocycles. The van der Waals surface area contributed by atoms with Gasteiger partial charge < -0.3 is 14.9 Å². The van der Waals surface area contributed by atoms with Crippen molar-refractivity contribution in [2.24, 2.45) is 0 Å². The number of nitrogens with one attached hydrogen (secondary N) is 1. The Kier molecular flexibility index (Phi) is 3.27. The molecule has 0 radical (unpaired) electrons. The van der Waals surface area contributed by atoms with Crippen LogP contribution in [0.25, 0.3) is 0 Å². The van der Waals surface area contributed by atoms with Crippen molar-refractivity contribution >= 4 is 0 Å². The Bertz CT molecular complexity index is 573. The standard InChI is InChI=1S/C13H14FN3O2/c14-10-4-2-1-3-8(10)5-12-16-13(19-17-12)11-6-9(18)7-15-11/h1-4,9,11,15,18H,5-7H2/t9-,11+/m0/s1. The number of hydrogen-bond donors (Lipinski definition) is 2. The molecule has 1 aromatic carbocycles. The number of β-amino-alcohol motifs (C(OH)–C–C–N with tert-alkyl or cyclic N) is 1. The molecule has 2 heterocycles. The van der Waals surface area contributed by atoms with Gasteiger partial charge in [0.2, 0.25) is 5.89 Å². The Morgan fingerprint density at radius 3 is 3.00 bits per heavy atom. The van der Waals surface area contributed by atoms with Crippen LogP contribution in [0.5, 0.6) is 0 Å². The van der Waals surface area contributed by atoms with Gasteiger partial charge in [0.05, 0.1) is 12.1 Å². The molecule has 0 spiro atoms. The normalized spacial score (nSPS) is 22.8. The summed E-state index contributed by atoms with van der Waals surface area (Å²) in [6.07, 6.45) is 0.471. The molecule has 2 aromatic rings. The van der Waals surface area contributed by atoms with E-state index in [0.29, 0.717) is 36.7 Å². The van der Waals surface area contributed by atoms with Gasteiger partial charge in [0, 0.05) is 13.0 Å². The Morgan fingerprint density at radius 1 is 1.42 bits per heavy atom. The van der Waals surface area contributed by atoms with E-state index in [9.17, 15) is 9.50 Å². The summed E-state index contributed by atoms with van der Waals surface area (Å²) in [6, 6.07) is 6.41. The van der Waals surface area contributed by atoms with Crippen LogP contribution in [0.2, 0.25) is 0 Å². The fraction of sp³-hybridized carbons (Fsp3) is 0.385. The van der Waals surface area contributed by atoms with E-state index in [2.05, 4.69) is 15.5 Å². The van der Waals surface area contributed by atoms with Gasteiger partial charge in [-0.2, -0.15) is 4.98 Å². The molecule has 0 amide bonds. The molecule has 6 heteroatoms. The van der Waals surface area contributed by atoms with Gasteiger partial charge in [0.15, 0.2) is 5.82 Å². The molecular formula is C13H14FN3O2. The first-order valence-corrected chi connectivity index (χ1v) is 6.19. The maximum atomic E-state index is 13.5. The molecule has 3 rings (SSSR count). The molecule has 0 bridgehead atoms. The molecule has 19 heavy (non-hydrogen) atoms. The summed E-state index contributed by atoms with van der Waals surface area (Å²) in [5.74, 6) is 0.620. The Morgan fingerprint density at radius 2 is 2.26 bits per heavy atom. The van der Waals surface area contributed by atoms with E-state index in [4.69, 9.17) is 4.52 Å². The SMILES string of the molecule is O[C@@H]1CN[C@@H](c2nc(Cc3ccccc3F)no2)C1. The number of aromatic nitrogens is 2. The van der Waals surface area contributed by atoms with E-state index >= 15 is 0 Å². The monoisotopic (exact) mass is 263 g/mol. The van der Waals surface area contributed by atoms with Crippen molar-refractivity contribution in [2.75, 3.05) is 6.54 Å². The van der Waals surface area contributed by atoms with E-state index < -0.39 is 0 Å². The van der Waals surface area contributed by atoms with Gasteiger partial charge in [-0.15, -0.1) is 0 Å². The number of nitrogens with zero attached hydrogens (tertiary/aromatic N) is 2. The minimum Gasteiger partial charge on any atom is -0.392 e. The smallest absolute Gasteiger partial charge is 0.243 e. The first-order chi connectivity index (χ1) is 9.22. The quantitative estimate of drug-likeness (QED) is 0.870. The fourth-order valence-corrected chi connectivity index (χ4v) is 2.20. The highest BCUT2D eigenvalue weighted by Crippen LogP contribution is 2.22. The highest BCUT2D eigenvalue weighted by molar-refractivity contribution is 5.20. The van der Waals surface area contributed by atoms with Crippen molar-refractivity contribution < 1.29 is 14.0 Å². The van der Waals surface area contributed by atoms with Crippen LogP contribution >= 0.6 is 0 Å². The average Bonchev–Trinajstić information content (AvgIpc) is 3.01. The lowest BCUT2D eigenvalue weighted by molar-refractivity contribution is 0.191. The highest BCUT2D eigenvalue weighted by atomic mass is 19.1. The van der Waals surface area contributed by atoms with Gasteiger partial charge in [0.1, 0.15) is 5.82 Å². The van der Waals surface area contributed by atoms with Gasteiger partial charge in [-0.05, 0) is 18.1 Å². The zero-order chi connectivity index (χ0) is 13.2. The topological polar surface area (TPSA) is 71.2 Å². The summed E-state index contributed by atoms with van der Waals surface area (Å²) in [7, 11) is 0. The summed E-state index contributed by atoms with van der Waals surface area (Å²) in [5.41, 5.74) is 0.536. The molecule has 0 unspecified atom stereocenters. The molecule has 0 aliphatic carbocycles. The van der Waals surface area contributed by atoms with Crippen LogP contribution in [0.4, 0.5) is 4.39 Å². The summed E-state index contributed by atoms with van der Waals surface area (Å²) in [4.78, 5) is 4.25. The first kappa shape index (κ1) is 12.3. The molecule has 2 atom stereocenters. The van der Waals surface area contributed by atoms with E-state index in [-0.39, 0.29) is 18.0 Å². The van der Waals surface area contributed by atoms with E-state index in [1.807, 2.05) is 0 Å². The molecule has 2 N–H and O–H groups in total. The molecule has 100 valence electrons.